The Morgan fingerprint density at radius 1 is 1.38 bits per heavy atom. The number of hydrogen-bond acceptors (Lipinski definition) is 5. The zero-order chi connectivity index (χ0) is 17.7. The van der Waals surface area contributed by atoms with Crippen molar-refractivity contribution in [2.24, 2.45) is 5.73 Å². The Morgan fingerprint density at radius 2 is 2.12 bits per heavy atom. The van der Waals surface area contributed by atoms with Gasteiger partial charge >= 0.3 is 11.9 Å². The van der Waals surface area contributed by atoms with Crippen LogP contribution in [0, 0.1) is 0 Å². The fourth-order valence-corrected chi connectivity index (χ4v) is 2.43. The number of carboxylic acids is 1. The lowest BCUT2D eigenvalue weighted by atomic mass is 10.1. The lowest BCUT2D eigenvalue weighted by Crippen LogP contribution is -2.34. The number of fused-ring (bicyclic) bond motifs is 1. The molecule has 130 valence electrons. The summed E-state index contributed by atoms with van der Waals surface area (Å²) in [6.45, 7) is 0.868. The molecule has 2 rings (SSSR count). The quantitative estimate of drug-likeness (QED) is 0.497. The van der Waals surface area contributed by atoms with E-state index in [-0.39, 0.29) is 12.8 Å². The van der Waals surface area contributed by atoms with Crippen LogP contribution in [0.5, 0.6) is 5.75 Å². The van der Waals surface area contributed by atoms with Crippen LogP contribution in [0.4, 0.5) is 0 Å². The number of esters is 1. The van der Waals surface area contributed by atoms with E-state index in [0.29, 0.717) is 5.75 Å². The van der Waals surface area contributed by atoms with Crippen LogP contribution in [0.15, 0.2) is 24.4 Å². The van der Waals surface area contributed by atoms with Crippen molar-refractivity contribution in [2.45, 2.75) is 25.3 Å². The van der Waals surface area contributed by atoms with Crippen molar-refractivity contribution in [3.05, 3.63) is 30.0 Å². The van der Waals surface area contributed by atoms with Gasteiger partial charge in [-0.2, -0.15) is 0 Å². The first-order chi connectivity index (χ1) is 11.4. The number of benzene rings is 1. The van der Waals surface area contributed by atoms with Gasteiger partial charge in [0.15, 0.2) is 0 Å². The Morgan fingerprint density at radius 3 is 2.79 bits per heavy atom. The number of hydrogen-bond donors (Lipinski definition) is 3. The van der Waals surface area contributed by atoms with E-state index in [0.717, 1.165) is 29.4 Å². The molecule has 0 saturated heterocycles. The van der Waals surface area contributed by atoms with Gasteiger partial charge in [0.25, 0.3) is 0 Å². The van der Waals surface area contributed by atoms with E-state index in [4.69, 9.17) is 15.6 Å². The lowest BCUT2D eigenvalue weighted by molar-refractivity contribution is -0.138. The van der Waals surface area contributed by atoms with Crippen molar-refractivity contribution >= 4 is 22.8 Å². The maximum Gasteiger partial charge on any atom is 0.328 e. The smallest absolute Gasteiger partial charge is 0.328 e. The molecule has 1 atom stereocenters. The Kier molecular flexibility index (Phi) is 5.94. The second-order valence-corrected chi connectivity index (χ2v) is 6.01. The first-order valence-electron chi connectivity index (χ1n) is 7.81. The molecule has 2 aromatic rings. The van der Waals surface area contributed by atoms with Gasteiger partial charge in [-0.3, -0.25) is 4.79 Å². The number of aromatic amines is 1. The van der Waals surface area contributed by atoms with Gasteiger partial charge in [0.2, 0.25) is 0 Å². The minimum absolute atomic E-state index is 0.0464. The van der Waals surface area contributed by atoms with E-state index in [9.17, 15) is 9.59 Å². The molecule has 4 N–H and O–H groups in total. The summed E-state index contributed by atoms with van der Waals surface area (Å²) in [6, 6.07) is 4.47. The van der Waals surface area contributed by atoms with E-state index < -0.39 is 18.0 Å². The van der Waals surface area contributed by atoms with Crippen molar-refractivity contribution in [1.29, 1.82) is 0 Å². The minimum Gasteiger partial charge on any atom is -0.481 e. The molecule has 0 bridgehead atoms. The molecule has 0 aliphatic heterocycles. The highest BCUT2D eigenvalue weighted by molar-refractivity contribution is 5.92. The maximum atomic E-state index is 12.1. The molecule has 1 aromatic carbocycles. The number of ether oxygens (including phenoxy) is 1. The molecule has 0 radical (unpaired) electrons. The summed E-state index contributed by atoms with van der Waals surface area (Å²) in [7, 11) is 3.99. The first kappa shape index (κ1) is 18.0. The Balaban J connectivity index is 2.17. The van der Waals surface area contributed by atoms with Crippen LogP contribution in [0.1, 0.15) is 18.4 Å². The highest BCUT2D eigenvalue weighted by atomic mass is 16.5. The molecule has 0 aliphatic carbocycles. The molecule has 7 heteroatoms. The molecule has 24 heavy (non-hydrogen) atoms. The number of aromatic nitrogens is 1. The largest absolute Gasteiger partial charge is 0.481 e. The second kappa shape index (κ2) is 7.94. The number of carboxylic acid groups (broad SMARTS) is 1. The molecule has 1 aromatic heterocycles. The number of nitrogens with two attached hydrogens (primary N) is 1. The van der Waals surface area contributed by atoms with Crippen molar-refractivity contribution in [1.82, 2.24) is 9.88 Å². The van der Waals surface area contributed by atoms with E-state index >= 15 is 0 Å². The van der Waals surface area contributed by atoms with Gasteiger partial charge in [0, 0.05) is 30.1 Å². The van der Waals surface area contributed by atoms with Crippen LogP contribution >= 0.6 is 0 Å². The summed E-state index contributed by atoms with van der Waals surface area (Å²) in [4.78, 5) is 27.9. The van der Waals surface area contributed by atoms with Crippen molar-refractivity contribution in [3.63, 3.8) is 0 Å². The molecule has 0 amide bonds. The molecule has 0 aliphatic rings. The van der Waals surface area contributed by atoms with E-state index in [1.54, 1.807) is 12.1 Å². The Hall–Kier alpha value is -2.38. The van der Waals surface area contributed by atoms with E-state index in [2.05, 4.69) is 9.88 Å². The topological polar surface area (TPSA) is 109 Å². The van der Waals surface area contributed by atoms with Gasteiger partial charge in [-0.05, 0) is 44.6 Å². The summed E-state index contributed by atoms with van der Waals surface area (Å²) in [5, 5.41) is 9.53. The fraction of sp³-hybridized carbons (Fsp3) is 0.412. The summed E-state index contributed by atoms with van der Waals surface area (Å²) in [5.41, 5.74) is 7.66. The monoisotopic (exact) mass is 333 g/mol. The Bertz CT molecular complexity index is 724. The van der Waals surface area contributed by atoms with Crippen molar-refractivity contribution < 1.29 is 19.4 Å². The van der Waals surface area contributed by atoms with Gasteiger partial charge in [0.05, 0.1) is 0 Å². The highest BCUT2D eigenvalue weighted by Gasteiger charge is 2.19. The molecule has 1 heterocycles. The average Bonchev–Trinajstić information content (AvgIpc) is 2.94. The van der Waals surface area contributed by atoms with Crippen LogP contribution in [-0.2, 0) is 16.0 Å². The van der Waals surface area contributed by atoms with Gasteiger partial charge in [0.1, 0.15) is 11.8 Å². The minimum atomic E-state index is -0.989. The normalized spacial score (nSPS) is 12.5. The lowest BCUT2D eigenvalue weighted by Gasteiger charge is -2.12. The van der Waals surface area contributed by atoms with E-state index in [1.807, 2.05) is 26.4 Å². The van der Waals surface area contributed by atoms with Gasteiger partial charge in [-0.15, -0.1) is 0 Å². The number of nitrogens with zero attached hydrogens (tertiary/aromatic N) is 1. The number of carbonyl (C=O) groups is 2. The molecule has 0 fully saturated rings. The zero-order valence-electron chi connectivity index (χ0n) is 13.9. The number of carbonyl (C=O) groups excluding carboxylic acids is 1. The summed E-state index contributed by atoms with van der Waals surface area (Å²) in [5.74, 6) is -1.17. The third kappa shape index (κ3) is 4.56. The molecule has 0 spiro atoms. The van der Waals surface area contributed by atoms with Crippen LogP contribution in [0.3, 0.4) is 0 Å². The first-order valence-corrected chi connectivity index (χ1v) is 7.81. The molecular formula is C17H23N3O4. The predicted molar refractivity (Wildman–Crippen MR) is 91.0 cm³/mol. The number of rotatable bonds is 8. The van der Waals surface area contributed by atoms with Crippen LogP contribution in [0.2, 0.25) is 0 Å². The van der Waals surface area contributed by atoms with Crippen molar-refractivity contribution in [2.75, 3.05) is 20.6 Å². The Labute approximate surface area is 140 Å². The molecule has 0 saturated carbocycles. The van der Waals surface area contributed by atoms with Crippen LogP contribution in [-0.4, -0.2) is 53.6 Å². The van der Waals surface area contributed by atoms with Gasteiger partial charge < -0.3 is 25.5 Å². The SMILES string of the molecule is CN(C)CCc1c[nH]c2cccc(OC(=O)[C@@H](N)CCC(=O)O)c12. The standard InChI is InChI=1S/C17H23N3O4/c1-20(2)9-8-11-10-19-13-4-3-5-14(16(11)13)24-17(23)12(18)6-7-15(21)22/h3-5,10,12,19H,6-9,18H2,1-2H3,(H,21,22)/t12-/m0/s1. The second-order valence-electron chi connectivity index (χ2n) is 6.01. The average molecular weight is 333 g/mol. The molecule has 0 unspecified atom stereocenters. The third-order valence-electron chi connectivity index (χ3n) is 3.76. The number of nitrogens with one attached hydrogen (secondary N) is 1. The molecular weight excluding hydrogens is 310 g/mol. The fourth-order valence-electron chi connectivity index (χ4n) is 2.43. The van der Waals surface area contributed by atoms with E-state index in [1.165, 1.54) is 0 Å². The number of H-pyrrole nitrogens is 1. The van der Waals surface area contributed by atoms with Crippen LogP contribution < -0.4 is 10.5 Å². The summed E-state index contributed by atoms with van der Waals surface area (Å²) in [6.07, 6.45) is 2.60. The highest BCUT2D eigenvalue weighted by Crippen LogP contribution is 2.29. The third-order valence-corrected chi connectivity index (χ3v) is 3.76. The summed E-state index contributed by atoms with van der Waals surface area (Å²) >= 11 is 0. The van der Waals surface area contributed by atoms with Gasteiger partial charge in [-0.1, -0.05) is 6.07 Å². The maximum absolute atomic E-state index is 12.1. The van der Waals surface area contributed by atoms with Crippen molar-refractivity contribution in [3.8, 4) is 5.75 Å². The molecule has 7 nitrogen and oxygen atoms in total. The number of likely N-dealkylation sites (N-methyl/N-ethyl adjacent to an activating group) is 1. The van der Waals surface area contributed by atoms with Crippen LogP contribution in [0.25, 0.3) is 10.9 Å². The van der Waals surface area contributed by atoms with Gasteiger partial charge in [-0.25, -0.2) is 4.79 Å². The number of aliphatic carboxylic acids is 1. The zero-order valence-corrected chi connectivity index (χ0v) is 13.9. The summed E-state index contributed by atoms with van der Waals surface area (Å²) < 4.78 is 5.44. The predicted octanol–water partition coefficient (Wildman–Crippen LogP) is 1.37.